The number of rotatable bonds is 6. The van der Waals surface area contributed by atoms with E-state index >= 15 is 0 Å². The van der Waals surface area contributed by atoms with Gasteiger partial charge >= 0.3 is 0 Å². The molecule has 3 rings (SSSR count). The molecule has 5 nitrogen and oxygen atoms in total. The number of hydrogen-bond acceptors (Lipinski definition) is 3. The molecule has 25 heavy (non-hydrogen) atoms. The molecular formula is C20H28N4O. The summed E-state index contributed by atoms with van der Waals surface area (Å²) in [6, 6.07) is 8.37. The molecule has 1 aromatic heterocycles. The fraction of sp³-hybridized carbons (Fsp3) is 0.500. The number of aromatic nitrogens is 1. The van der Waals surface area contributed by atoms with Crippen LogP contribution in [0.2, 0.25) is 0 Å². The number of nitrogens with two attached hydrogens (primary N) is 1. The molecule has 0 atom stereocenters. The van der Waals surface area contributed by atoms with E-state index < -0.39 is 0 Å². The average molecular weight is 340 g/mol. The van der Waals surface area contributed by atoms with Gasteiger partial charge in [-0.2, -0.15) is 0 Å². The van der Waals surface area contributed by atoms with Crippen molar-refractivity contribution in [1.29, 1.82) is 0 Å². The maximum absolute atomic E-state index is 6.08. The summed E-state index contributed by atoms with van der Waals surface area (Å²) in [7, 11) is 0. The molecule has 1 aliphatic carbocycles. The second-order valence-corrected chi connectivity index (χ2v) is 6.71. The van der Waals surface area contributed by atoms with Gasteiger partial charge in [-0.05, 0) is 55.7 Å². The summed E-state index contributed by atoms with van der Waals surface area (Å²) in [4.78, 5) is 4.41. The standard InChI is InChI=1S/C20H28N4O/c1-3-14(4-2)19-12-16(25-24-19)13-22-20(21)23-18-11-7-9-15-8-5-6-10-17(15)18/h7,9,11-12,14H,3-6,8,10,13H2,1-2H3,(H3,21,22,23). The van der Waals surface area contributed by atoms with E-state index in [9.17, 15) is 0 Å². The predicted octanol–water partition coefficient (Wildman–Crippen LogP) is 4.38. The average Bonchev–Trinajstić information content (AvgIpc) is 3.10. The first kappa shape index (κ1) is 17.5. The molecule has 0 bridgehead atoms. The Balaban J connectivity index is 1.65. The Labute approximate surface area is 149 Å². The topological polar surface area (TPSA) is 76.4 Å². The summed E-state index contributed by atoms with van der Waals surface area (Å²) in [6.07, 6.45) is 6.89. The van der Waals surface area contributed by atoms with Gasteiger partial charge in [0.15, 0.2) is 11.7 Å². The molecule has 134 valence electrons. The third-order valence-corrected chi connectivity index (χ3v) is 5.04. The van der Waals surface area contributed by atoms with Crippen molar-refractivity contribution >= 4 is 11.6 Å². The van der Waals surface area contributed by atoms with Gasteiger partial charge in [0.2, 0.25) is 0 Å². The van der Waals surface area contributed by atoms with Gasteiger partial charge in [0, 0.05) is 17.7 Å². The molecule has 0 radical (unpaired) electrons. The van der Waals surface area contributed by atoms with Gasteiger partial charge in [0.25, 0.3) is 0 Å². The van der Waals surface area contributed by atoms with Gasteiger partial charge in [-0.15, -0.1) is 0 Å². The van der Waals surface area contributed by atoms with Gasteiger partial charge in [0.05, 0.1) is 5.69 Å². The lowest BCUT2D eigenvalue weighted by atomic mass is 9.90. The largest absolute Gasteiger partial charge is 0.370 e. The van der Waals surface area contributed by atoms with Crippen molar-refractivity contribution in [3.05, 3.63) is 46.8 Å². The summed E-state index contributed by atoms with van der Waals surface area (Å²) in [5.41, 5.74) is 11.0. The fourth-order valence-corrected chi connectivity index (χ4v) is 3.54. The zero-order valence-electron chi connectivity index (χ0n) is 15.2. The number of aryl methyl sites for hydroxylation is 1. The Morgan fingerprint density at radius 2 is 2.08 bits per heavy atom. The van der Waals surface area contributed by atoms with E-state index in [1.807, 2.05) is 6.07 Å². The third-order valence-electron chi connectivity index (χ3n) is 5.04. The third kappa shape index (κ3) is 4.21. The van der Waals surface area contributed by atoms with E-state index in [0.717, 1.165) is 42.8 Å². The predicted molar refractivity (Wildman–Crippen MR) is 102 cm³/mol. The van der Waals surface area contributed by atoms with Crippen LogP contribution in [-0.4, -0.2) is 11.1 Å². The second kappa shape index (κ2) is 8.19. The number of hydrogen-bond donors (Lipinski definition) is 2. The first-order chi connectivity index (χ1) is 12.2. The lowest BCUT2D eigenvalue weighted by Gasteiger charge is -2.19. The minimum atomic E-state index is 0.404. The summed E-state index contributed by atoms with van der Waals surface area (Å²) in [6.45, 7) is 4.74. The number of aliphatic imine (C=N–C) groups is 1. The van der Waals surface area contributed by atoms with Crippen LogP contribution in [0.1, 0.15) is 68.0 Å². The minimum Gasteiger partial charge on any atom is -0.370 e. The normalized spacial score (nSPS) is 14.6. The summed E-state index contributed by atoms with van der Waals surface area (Å²) >= 11 is 0. The Morgan fingerprint density at radius 3 is 2.88 bits per heavy atom. The van der Waals surface area contributed by atoms with Crippen molar-refractivity contribution in [2.24, 2.45) is 10.7 Å². The molecule has 2 aromatic rings. The van der Waals surface area contributed by atoms with Crippen molar-refractivity contribution in [3.63, 3.8) is 0 Å². The van der Waals surface area contributed by atoms with Crippen LogP contribution >= 0.6 is 0 Å². The van der Waals surface area contributed by atoms with Gasteiger partial charge in [-0.3, -0.25) is 0 Å². The Hall–Kier alpha value is -2.30. The van der Waals surface area contributed by atoms with Gasteiger partial charge in [-0.25, -0.2) is 4.99 Å². The van der Waals surface area contributed by atoms with E-state index in [-0.39, 0.29) is 0 Å². The lowest BCUT2D eigenvalue weighted by Crippen LogP contribution is -2.24. The van der Waals surface area contributed by atoms with Crippen LogP contribution in [0.3, 0.4) is 0 Å². The molecule has 0 amide bonds. The van der Waals surface area contributed by atoms with Crippen LogP contribution in [0.5, 0.6) is 0 Å². The van der Waals surface area contributed by atoms with Crippen molar-refractivity contribution < 1.29 is 4.52 Å². The zero-order valence-corrected chi connectivity index (χ0v) is 15.2. The SMILES string of the molecule is CCC(CC)c1cc(CN=C(N)Nc2cccc3c2CCCC3)on1. The van der Waals surface area contributed by atoms with Crippen LogP contribution in [-0.2, 0) is 19.4 Å². The highest BCUT2D eigenvalue weighted by Gasteiger charge is 2.14. The summed E-state index contributed by atoms with van der Waals surface area (Å²) in [5.74, 6) is 1.62. The summed E-state index contributed by atoms with van der Waals surface area (Å²) in [5, 5.41) is 7.43. The van der Waals surface area contributed by atoms with E-state index in [1.165, 1.54) is 24.0 Å². The highest BCUT2D eigenvalue weighted by atomic mass is 16.5. The number of fused-ring (bicyclic) bond motifs is 1. The van der Waals surface area contributed by atoms with Crippen molar-refractivity contribution in [2.45, 2.75) is 64.8 Å². The maximum atomic E-state index is 6.08. The first-order valence-corrected chi connectivity index (χ1v) is 9.34. The molecule has 0 saturated carbocycles. The van der Waals surface area contributed by atoms with Crippen LogP contribution in [0.25, 0.3) is 0 Å². The van der Waals surface area contributed by atoms with Crippen molar-refractivity contribution in [2.75, 3.05) is 5.32 Å². The van der Waals surface area contributed by atoms with Crippen molar-refractivity contribution in [1.82, 2.24) is 5.16 Å². The minimum absolute atomic E-state index is 0.404. The van der Waals surface area contributed by atoms with Gasteiger partial charge in [-0.1, -0.05) is 31.1 Å². The van der Waals surface area contributed by atoms with Gasteiger partial charge in [0.1, 0.15) is 6.54 Å². The highest BCUT2D eigenvalue weighted by molar-refractivity contribution is 5.93. The fourth-order valence-electron chi connectivity index (χ4n) is 3.54. The number of benzene rings is 1. The van der Waals surface area contributed by atoms with Crippen molar-refractivity contribution in [3.8, 4) is 0 Å². The van der Waals surface area contributed by atoms with E-state index in [0.29, 0.717) is 18.4 Å². The Bertz CT molecular complexity index is 731. The van der Waals surface area contributed by atoms with Crippen LogP contribution < -0.4 is 11.1 Å². The monoisotopic (exact) mass is 340 g/mol. The molecule has 1 heterocycles. The Kier molecular flexibility index (Phi) is 5.74. The quantitative estimate of drug-likeness (QED) is 0.604. The van der Waals surface area contributed by atoms with Gasteiger partial charge < -0.3 is 15.6 Å². The highest BCUT2D eigenvalue weighted by Crippen LogP contribution is 2.27. The van der Waals surface area contributed by atoms with E-state index in [1.54, 1.807) is 0 Å². The second-order valence-electron chi connectivity index (χ2n) is 6.71. The number of guanidine groups is 1. The molecule has 3 N–H and O–H groups in total. The smallest absolute Gasteiger partial charge is 0.193 e. The van der Waals surface area contributed by atoms with E-state index in [4.69, 9.17) is 10.3 Å². The maximum Gasteiger partial charge on any atom is 0.193 e. The number of anilines is 1. The molecule has 1 aromatic carbocycles. The van der Waals surface area contributed by atoms with E-state index in [2.05, 4.69) is 47.5 Å². The summed E-state index contributed by atoms with van der Waals surface area (Å²) < 4.78 is 5.40. The zero-order chi connectivity index (χ0) is 17.6. The molecule has 0 saturated heterocycles. The van der Waals surface area contributed by atoms with Crippen LogP contribution in [0.15, 0.2) is 33.8 Å². The van der Waals surface area contributed by atoms with Crippen LogP contribution in [0, 0.1) is 0 Å². The molecule has 5 heteroatoms. The van der Waals surface area contributed by atoms with Crippen LogP contribution in [0.4, 0.5) is 5.69 Å². The molecule has 0 fully saturated rings. The number of nitrogens with zero attached hydrogens (tertiary/aromatic N) is 2. The molecule has 0 spiro atoms. The molecule has 0 aliphatic heterocycles. The molecular weight excluding hydrogens is 312 g/mol. The number of nitrogens with one attached hydrogen (secondary N) is 1. The first-order valence-electron chi connectivity index (χ1n) is 9.34. The molecule has 1 aliphatic rings. The Morgan fingerprint density at radius 1 is 1.28 bits per heavy atom. The molecule has 0 unspecified atom stereocenters. The lowest BCUT2D eigenvalue weighted by molar-refractivity contribution is 0.372.